The van der Waals surface area contributed by atoms with E-state index in [1.54, 1.807) is 0 Å². The first-order valence-electron chi connectivity index (χ1n) is 5.56. The monoisotopic (exact) mass is 206 g/mol. The molecule has 1 N–H and O–H groups in total. The van der Waals surface area contributed by atoms with Crippen LogP contribution in [-0.2, 0) is 11.2 Å². The lowest BCUT2D eigenvalue weighted by Crippen LogP contribution is -2.19. The Hall–Kier alpha value is -1.32. The molecule has 1 unspecified atom stereocenters. The van der Waals surface area contributed by atoms with E-state index in [4.69, 9.17) is 5.11 Å². The zero-order valence-corrected chi connectivity index (χ0v) is 8.52. The van der Waals surface area contributed by atoms with E-state index < -0.39 is 5.97 Å². The summed E-state index contributed by atoms with van der Waals surface area (Å²) in [4.78, 5) is 15.4. The number of rotatable bonds is 2. The molecular formula is C11H14N2O2. The molecular weight excluding hydrogens is 192 g/mol. The third-order valence-corrected chi connectivity index (χ3v) is 3.40. The highest BCUT2D eigenvalue weighted by atomic mass is 16.4. The predicted octanol–water partition coefficient (Wildman–Crippen LogP) is 1.72. The molecule has 2 aliphatic rings. The SMILES string of the molecule is O=C(O)C1CCCc2c1ncn2C1CC1. The van der Waals surface area contributed by atoms with Crippen molar-refractivity contribution in [2.24, 2.45) is 0 Å². The lowest BCUT2D eigenvalue weighted by Gasteiger charge is -2.19. The molecule has 0 aliphatic heterocycles. The molecule has 1 atom stereocenters. The van der Waals surface area contributed by atoms with E-state index in [0.717, 1.165) is 25.0 Å². The minimum absolute atomic E-state index is 0.367. The molecule has 2 aliphatic carbocycles. The number of carboxylic acid groups (broad SMARTS) is 1. The molecule has 4 heteroatoms. The molecule has 1 heterocycles. The molecule has 4 nitrogen and oxygen atoms in total. The van der Waals surface area contributed by atoms with Crippen LogP contribution in [0.1, 0.15) is 49.0 Å². The first-order valence-corrected chi connectivity index (χ1v) is 5.56. The lowest BCUT2D eigenvalue weighted by atomic mass is 9.90. The maximum absolute atomic E-state index is 11.1. The summed E-state index contributed by atoms with van der Waals surface area (Å²) < 4.78 is 2.20. The van der Waals surface area contributed by atoms with Crippen LogP contribution in [-0.4, -0.2) is 20.6 Å². The van der Waals surface area contributed by atoms with Gasteiger partial charge in [0.1, 0.15) is 5.92 Å². The van der Waals surface area contributed by atoms with Crippen molar-refractivity contribution >= 4 is 5.97 Å². The second-order valence-corrected chi connectivity index (χ2v) is 4.50. The predicted molar refractivity (Wildman–Crippen MR) is 53.8 cm³/mol. The number of hydrogen-bond acceptors (Lipinski definition) is 2. The molecule has 3 rings (SSSR count). The highest BCUT2D eigenvalue weighted by Gasteiger charge is 2.33. The summed E-state index contributed by atoms with van der Waals surface area (Å²) in [5.41, 5.74) is 2.00. The molecule has 1 aromatic rings. The third-order valence-electron chi connectivity index (χ3n) is 3.40. The smallest absolute Gasteiger partial charge is 0.312 e. The molecule has 0 saturated heterocycles. The zero-order chi connectivity index (χ0) is 10.4. The van der Waals surface area contributed by atoms with E-state index in [2.05, 4.69) is 9.55 Å². The Bertz CT molecular complexity index is 407. The molecule has 0 aromatic carbocycles. The van der Waals surface area contributed by atoms with Crippen molar-refractivity contribution in [3.8, 4) is 0 Å². The van der Waals surface area contributed by atoms with E-state index in [9.17, 15) is 4.79 Å². The van der Waals surface area contributed by atoms with Gasteiger partial charge < -0.3 is 9.67 Å². The van der Waals surface area contributed by atoms with Crippen LogP contribution in [0, 0.1) is 0 Å². The summed E-state index contributed by atoms with van der Waals surface area (Å²) in [6.45, 7) is 0. The van der Waals surface area contributed by atoms with E-state index in [1.165, 1.54) is 18.5 Å². The molecule has 15 heavy (non-hydrogen) atoms. The summed E-state index contributed by atoms with van der Waals surface area (Å²) in [5.74, 6) is -1.09. The van der Waals surface area contributed by atoms with Crippen molar-refractivity contribution in [1.82, 2.24) is 9.55 Å². The van der Waals surface area contributed by atoms with Crippen LogP contribution >= 0.6 is 0 Å². The zero-order valence-electron chi connectivity index (χ0n) is 8.52. The van der Waals surface area contributed by atoms with E-state index in [-0.39, 0.29) is 5.92 Å². The number of imidazole rings is 1. The molecule has 1 aromatic heterocycles. The van der Waals surface area contributed by atoms with Gasteiger partial charge in [-0.3, -0.25) is 4.79 Å². The lowest BCUT2D eigenvalue weighted by molar-refractivity contribution is -0.139. The van der Waals surface area contributed by atoms with Crippen LogP contribution in [0.2, 0.25) is 0 Å². The van der Waals surface area contributed by atoms with Crippen molar-refractivity contribution < 1.29 is 9.90 Å². The van der Waals surface area contributed by atoms with Gasteiger partial charge in [0.15, 0.2) is 0 Å². The van der Waals surface area contributed by atoms with Gasteiger partial charge in [-0.2, -0.15) is 0 Å². The second kappa shape index (κ2) is 3.08. The summed E-state index contributed by atoms with van der Waals surface area (Å²) in [7, 11) is 0. The Balaban J connectivity index is 2.01. The number of carbonyl (C=O) groups is 1. The molecule has 80 valence electrons. The summed E-state index contributed by atoms with van der Waals surface area (Å²) in [5, 5.41) is 9.10. The Kier molecular flexibility index (Phi) is 1.84. The van der Waals surface area contributed by atoms with Crippen molar-refractivity contribution in [2.75, 3.05) is 0 Å². The normalized spacial score (nSPS) is 24.9. The van der Waals surface area contributed by atoms with Crippen molar-refractivity contribution in [3.05, 3.63) is 17.7 Å². The molecule has 0 amide bonds. The largest absolute Gasteiger partial charge is 0.481 e. The van der Waals surface area contributed by atoms with Crippen molar-refractivity contribution in [1.29, 1.82) is 0 Å². The van der Waals surface area contributed by atoms with Gasteiger partial charge in [0.25, 0.3) is 0 Å². The fourth-order valence-corrected chi connectivity index (χ4v) is 2.47. The number of aliphatic carboxylic acids is 1. The minimum Gasteiger partial charge on any atom is -0.481 e. The van der Waals surface area contributed by atoms with Gasteiger partial charge in [0.05, 0.1) is 12.0 Å². The van der Waals surface area contributed by atoms with Gasteiger partial charge in [0, 0.05) is 11.7 Å². The highest BCUT2D eigenvalue weighted by Crippen LogP contribution is 2.40. The second-order valence-electron chi connectivity index (χ2n) is 4.50. The Morgan fingerprint density at radius 3 is 2.93 bits per heavy atom. The Labute approximate surface area is 87.9 Å². The summed E-state index contributed by atoms with van der Waals surface area (Å²) >= 11 is 0. The number of aromatic nitrogens is 2. The molecule has 0 bridgehead atoms. The quantitative estimate of drug-likeness (QED) is 0.801. The Morgan fingerprint density at radius 1 is 1.47 bits per heavy atom. The number of hydrogen-bond donors (Lipinski definition) is 1. The Morgan fingerprint density at radius 2 is 2.27 bits per heavy atom. The maximum Gasteiger partial charge on any atom is 0.312 e. The highest BCUT2D eigenvalue weighted by molar-refractivity contribution is 5.76. The summed E-state index contributed by atoms with van der Waals surface area (Å²) in [6.07, 6.45) is 6.99. The van der Waals surface area contributed by atoms with E-state index >= 15 is 0 Å². The van der Waals surface area contributed by atoms with Gasteiger partial charge in [-0.25, -0.2) is 4.98 Å². The summed E-state index contributed by atoms with van der Waals surface area (Å²) in [6, 6.07) is 0.605. The molecule has 1 saturated carbocycles. The van der Waals surface area contributed by atoms with Gasteiger partial charge in [-0.1, -0.05) is 0 Å². The average molecular weight is 206 g/mol. The van der Waals surface area contributed by atoms with Crippen LogP contribution in [0.3, 0.4) is 0 Å². The van der Waals surface area contributed by atoms with Crippen molar-refractivity contribution in [2.45, 2.75) is 44.1 Å². The molecule has 1 fully saturated rings. The van der Waals surface area contributed by atoms with Gasteiger partial charge in [-0.15, -0.1) is 0 Å². The van der Waals surface area contributed by atoms with E-state index in [1.807, 2.05) is 6.33 Å². The maximum atomic E-state index is 11.1. The standard InChI is InChI=1S/C11H14N2O2/c14-11(15)8-2-1-3-9-10(8)12-6-13(9)7-4-5-7/h6-8H,1-5H2,(H,14,15). The van der Waals surface area contributed by atoms with E-state index in [0.29, 0.717) is 6.04 Å². The fraction of sp³-hybridized carbons (Fsp3) is 0.636. The van der Waals surface area contributed by atoms with Crippen LogP contribution in [0.5, 0.6) is 0 Å². The average Bonchev–Trinajstić information content (AvgIpc) is 2.97. The third kappa shape index (κ3) is 1.35. The first-order chi connectivity index (χ1) is 7.27. The fourth-order valence-electron chi connectivity index (χ4n) is 2.47. The van der Waals surface area contributed by atoms with Crippen molar-refractivity contribution in [3.63, 3.8) is 0 Å². The van der Waals surface area contributed by atoms with Gasteiger partial charge in [0.2, 0.25) is 0 Å². The number of carboxylic acids is 1. The molecule has 0 spiro atoms. The molecule has 0 radical (unpaired) electrons. The van der Waals surface area contributed by atoms with Crippen LogP contribution in [0.15, 0.2) is 6.33 Å². The van der Waals surface area contributed by atoms with Crippen LogP contribution < -0.4 is 0 Å². The minimum atomic E-state index is -0.725. The number of fused-ring (bicyclic) bond motifs is 1. The van der Waals surface area contributed by atoms with Gasteiger partial charge in [-0.05, 0) is 32.1 Å². The van der Waals surface area contributed by atoms with Crippen LogP contribution in [0.25, 0.3) is 0 Å². The number of nitrogens with zero attached hydrogens (tertiary/aromatic N) is 2. The topological polar surface area (TPSA) is 55.1 Å². The van der Waals surface area contributed by atoms with Crippen LogP contribution in [0.4, 0.5) is 0 Å². The van der Waals surface area contributed by atoms with Gasteiger partial charge >= 0.3 is 5.97 Å². The first kappa shape index (κ1) is 8.95.